The first kappa shape index (κ1) is 17.2. The largest absolute Gasteiger partial charge is 0.484 e. The Morgan fingerprint density at radius 2 is 1.87 bits per heavy atom. The minimum absolute atomic E-state index is 0.0888. The third-order valence-corrected chi connectivity index (χ3v) is 3.66. The van der Waals surface area contributed by atoms with E-state index in [-0.39, 0.29) is 23.7 Å². The molecule has 5 heteroatoms. The van der Waals surface area contributed by atoms with Gasteiger partial charge in [0.25, 0.3) is 5.91 Å². The first-order valence-corrected chi connectivity index (χ1v) is 7.81. The van der Waals surface area contributed by atoms with E-state index in [1.165, 1.54) is 0 Å². The number of hydrazone groups is 1. The zero-order valence-electron chi connectivity index (χ0n) is 14.2. The molecule has 1 aromatic carbocycles. The highest BCUT2D eigenvalue weighted by atomic mass is 16.5. The van der Waals surface area contributed by atoms with Gasteiger partial charge in [-0.05, 0) is 48.9 Å². The van der Waals surface area contributed by atoms with E-state index < -0.39 is 0 Å². The Kier molecular flexibility index (Phi) is 5.19. The summed E-state index contributed by atoms with van der Waals surface area (Å²) in [7, 11) is 0. The summed E-state index contributed by atoms with van der Waals surface area (Å²) in [6, 6.07) is 5.81. The van der Waals surface area contributed by atoms with Gasteiger partial charge in [-0.25, -0.2) is 5.43 Å². The summed E-state index contributed by atoms with van der Waals surface area (Å²) in [5, 5.41) is 4.09. The van der Waals surface area contributed by atoms with Crippen molar-refractivity contribution in [2.75, 3.05) is 6.61 Å². The average Bonchev–Trinajstić information content (AvgIpc) is 2.39. The van der Waals surface area contributed by atoms with Crippen LogP contribution in [0.4, 0.5) is 0 Å². The lowest BCUT2D eigenvalue weighted by Crippen LogP contribution is -2.32. The van der Waals surface area contributed by atoms with E-state index in [2.05, 4.69) is 10.5 Å². The van der Waals surface area contributed by atoms with Crippen LogP contribution in [0.2, 0.25) is 0 Å². The fourth-order valence-corrected chi connectivity index (χ4v) is 2.92. The predicted octanol–water partition coefficient (Wildman–Crippen LogP) is 2.93. The maximum Gasteiger partial charge on any atom is 0.277 e. The van der Waals surface area contributed by atoms with Crippen LogP contribution in [-0.2, 0) is 9.59 Å². The summed E-state index contributed by atoms with van der Waals surface area (Å²) < 4.78 is 5.48. The second kappa shape index (κ2) is 6.94. The van der Waals surface area contributed by atoms with Gasteiger partial charge in [0.15, 0.2) is 6.61 Å². The summed E-state index contributed by atoms with van der Waals surface area (Å²) in [4.78, 5) is 23.5. The third-order valence-electron chi connectivity index (χ3n) is 3.66. The number of rotatable bonds is 4. The number of Topliss-reactive ketones (excluding diaryl/α,β-unsaturated/α-hetero) is 1. The molecule has 1 saturated carbocycles. The van der Waals surface area contributed by atoms with Crippen molar-refractivity contribution in [1.29, 1.82) is 0 Å². The van der Waals surface area contributed by atoms with Crippen molar-refractivity contribution in [3.8, 4) is 5.75 Å². The van der Waals surface area contributed by atoms with E-state index in [4.69, 9.17) is 4.74 Å². The smallest absolute Gasteiger partial charge is 0.277 e. The van der Waals surface area contributed by atoms with Gasteiger partial charge in [0.05, 0.1) is 0 Å². The van der Waals surface area contributed by atoms with Gasteiger partial charge in [-0.2, -0.15) is 5.10 Å². The standard InChI is InChI=1S/C18H24N2O3/c1-12-5-13(2)7-16(6-12)23-11-17(22)20-19-14-8-15(21)10-18(3,4)9-14/h5-7H,8-11H2,1-4H3,(H,20,22). The van der Waals surface area contributed by atoms with E-state index >= 15 is 0 Å². The van der Waals surface area contributed by atoms with Gasteiger partial charge in [0, 0.05) is 18.6 Å². The highest BCUT2D eigenvalue weighted by Gasteiger charge is 2.30. The van der Waals surface area contributed by atoms with Crippen LogP contribution in [0.5, 0.6) is 5.75 Å². The number of benzene rings is 1. The Morgan fingerprint density at radius 1 is 1.22 bits per heavy atom. The molecule has 0 atom stereocenters. The molecule has 0 spiro atoms. The van der Waals surface area contributed by atoms with Gasteiger partial charge < -0.3 is 4.74 Å². The number of ketones is 1. The second-order valence-corrected chi connectivity index (χ2v) is 7.06. The van der Waals surface area contributed by atoms with E-state index in [1.807, 2.05) is 45.9 Å². The van der Waals surface area contributed by atoms with Crippen LogP contribution >= 0.6 is 0 Å². The quantitative estimate of drug-likeness (QED) is 0.868. The van der Waals surface area contributed by atoms with Crippen molar-refractivity contribution in [3.63, 3.8) is 0 Å². The van der Waals surface area contributed by atoms with Gasteiger partial charge in [-0.3, -0.25) is 9.59 Å². The van der Waals surface area contributed by atoms with E-state index in [1.54, 1.807) is 0 Å². The van der Waals surface area contributed by atoms with Gasteiger partial charge in [-0.15, -0.1) is 0 Å². The van der Waals surface area contributed by atoms with Crippen LogP contribution in [0.1, 0.15) is 44.2 Å². The molecule has 0 unspecified atom stereocenters. The number of nitrogens with zero attached hydrogens (tertiary/aromatic N) is 1. The number of aryl methyl sites for hydroxylation is 2. The van der Waals surface area contributed by atoms with E-state index in [9.17, 15) is 9.59 Å². The molecule has 0 bridgehead atoms. The molecule has 1 aromatic rings. The van der Waals surface area contributed by atoms with Crippen LogP contribution < -0.4 is 10.2 Å². The van der Waals surface area contributed by atoms with Crippen LogP contribution in [0, 0.1) is 19.3 Å². The van der Waals surface area contributed by atoms with Crippen LogP contribution in [-0.4, -0.2) is 24.0 Å². The third kappa shape index (κ3) is 5.51. The first-order chi connectivity index (χ1) is 10.7. The molecule has 5 nitrogen and oxygen atoms in total. The van der Waals surface area contributed by atoms with Crippen LogP contribution in [0.25, 0.3) is 0 Å². The van der Waals surface area contributed by atoms with E-state index in [0.29, 0.717) is 18.6 Å². The summed E-state index contributed by atoms with van der Waals surface area (Å²) in [6.07, 6.45) is 1.61. The van der Waals surface area contributed by atoms with Crippen molar-refractivity contribution in [2.24, 2.45) is 10.5 Å². The molecule has 0 radical (unpaired) electrons. The molecular weight excluding hydrogens is 292 g/mol. The lowest BCUT2D eigenvalue weighted by molar-refractivity contribution is -0.123. The van der Waals surface area contributed by atoms with Crippen molar-refractivity contribution < 1.29 is 14.3 Å². The monoisotopic (exact) mass is 316 g/mol. The minimum Gasteiger partial charge on any atom is -0.484 e. The number of carbonyl (C=O) groups excluding carboxylic acids is 2. The SMILES string of the molecule is Cc1cc(C)cc(OCC(=O)NN=C2CC(=O)CC(C)(C)C2)c1. The fourth-order valence-electron chi connectivity index (χ4n) is 2.92. The Bertz CT molecular complexity index is 627. The summed E-state index contributed by atoms with van der Waals surface area (Å²) in [6.45, 7) is 7.92. The highest BCUT2D eigenvalue weighted by molar-refractivity contribution is 6.05. The molecule has 1 N–H and O–H groups in total. The summed E-state index contributed by atoms with van der Waals surface area (Å²) in [5.74, 6) is 0.507. The molecule has 0 saturated heterocycles. The van der Waals surface area contributed by atoms with Crippen molar-refractivity contribution >= 4 is 17.4 Å². The predicted molar refractivity (Wildman–Crippen MR) is 89.6 cm³/mol. The number of amides is 1. The summed E-state index contributed by atoms with van der Waals surface area (Å²) in [5.41, 5.74) is 5.29. The van der Waals surface area contributed by atoms with Crippen molar-refractivity contribution in [1.82, 2.24) is 5.43 Å². The lowest BCUT2D eigenvalue weighted by atomic mass is 9.76. The average molecular weight is 316 g/mol. The maximum atomic E-state index is 11.8. The van der Waals surface area contributed by atoms with Crippen LogP contribution in [0.15, 0.2) is 23.3 Å². The number of ether oxygens (including phenoxy) is 1. The highest BCUT2D eigenvalue weighted by Crippen LogP contribution is 2.31. The number of carbonyl (C=O) groups is 2. The Balaban J connectivity index is 1.87. The van der Waals surface area contributed by atoms with Gasteiger partial charge >= 0.3 is 0 Å². The molecule has 0 aliphatic heterocycles. The second-order valence-electron chi connectivity index (χ2n) is 7.06. The molecule has 2 rings (SSSR count). The number of nitrogens with one attached hydrogen (secondary N) is 1. The molecular formula is C18H24N2O3. The lowest BCUT2D eigenvalue weighted by Gasteiger charge is -2.28. The zero-order valence-corrected chi connectivity index (χ0v) is 14.2. The number of hydrogen-bond acceptors (Lipinski definition) is 4. The molecule has 1 aliphatic rings. The molecule has 0 heterocycles. The van der Waals surface area contributed by atoms with Gasteiger partial charge in [-0.1, -0.05) is 19.9 Å². The maximum absolute atomic E-state index is 11.8. The molecule has 1 aliphatic carbocycles. The number of hydrogen-bond donors (Lipinski definition) is 1. The Labute approximate surface area is 137 Å². The van der Waals surface area contributed by atoms with Gasteiger partial charge in [0.2, 0.25) is 0 Å². The van der Waals surface area contributed by atoms with Crippen LogP contribution in [0.3, 0.4) is 0 Å². The zero-order chi connectivity index (χ0) is 17.0. The van der Waals surface area contributed by atoms with E-state index in [0.717, 1.165) is 23.3 Å². The Morgan fingerprint density at radius 3 is 2.48 bits per heavy atom. The minimum atomic E-state index is -0.326. The first-order valence-electron chi connectivity index (χ1n) is 7.81. The topological polar surface area (TPSA) is 67.8 Å². The normalized spacial score (nSPS) is 18.8. The van der Waals surface area contributed by atoms with Crippen molar-refractivity contribution in [3.05, 3.63) is 29.3 Å². The molecule has 124 valence electrons. The molecule has 1 fully saturated rings. The van der Waals surface area contributed by atoms with Crippen molar-refractivity contribution in [2.45, 2.75) is 47.0 Å². The summed E-state index contributed by atoms with van der Waals surface area (Å²) >= 11 is 0. The Hall–Kier alpha value is -2.17. The molecule has 0 aromatic heterocycles. The van der Waals surface area contributed by atoms with Gasteiger partial charge in [0.1, 0.15) is 11.5 Å². The molecule has 23 heavy (non-hydrogen) atoms. The fraction of sp³-hybridized carbons (Fsp3) is 0.500. The molecule has 1 amide bonds.